The lowest BCUT2D eigenvalue weighted by atomic mass is 10.3. The second-order valence-electron chi connectivity index (χ2n) is 5.43. The Balaban J connectivity index is 1.73. The first-order chi connectivity index (χ1) is 13.0. The smallest absolute Gasteiger partial charge is 0.277 e. The molecule has 0 aliphatic carbocycles. The van der Waals surface area contributed by atoms with Gasteiger partial charge in [0, 0.05) is 11.9 Å². The SMILES string of the molecule is COc1ccc(OCC(=O)N/N=C(\C)CC(=O)Nc2ccc(Cl)cn2)cc1. The van der Waals surface area contributed by atoms with Gasteiger partial charge in [0.05, 0.1) is 18.6 Å². The van der Waals surface area contributed by atoms with Crippen molar-refractivity contribution < 1.29 is 19.1 Å². The number of methoxy groups -OCH3 is 1. The lowest BCUT2D eigenvalue weighted by Crippen LogP contribution is -2.26. The maximum atomic E-state index is 11.9. The van der Waals surface area contributed by atoms with Crippen molar-refractivity contribution in [2.45, 2.75) is 13.3 Å². The summed E-state index contributed by atoms with van der Waals surface area (Å²) in [5.41, 5.74) is 2.77. The third-order valence-corrected chi connectivity index (χ3v) is 3.44. The number of carbonyl (C=O) groups excluding carboxylic acids is 2. The summed E-state index contributed by atoms with van der Waals surface area (Å²) in [6.07, 6.45) is 1.44. The Labute approximate surface area is 161 Å². The zero-order valence-electron chi connectivity index (χ0n) is 14.9. The average Bonchev–Trinajstić information content (AvgIpc) is 2.67. The number of pyridine rings is 1. The van der Waals surface area contributed by atoms with Crippen molar-refractivity contribution in [3.8, 4) is 11.5 Å². The van der Waals surface area contributed by atoms with Crippen molar-refractivity contribution in [2.75, 3.05) is 19.0 Å². The minimum absolute atomic E-state index is 0.00389. The van der Waals surface area contributed by atoms with E-state index < -0.39 is 5.91 Å². The van der Waals surface area contributed by atoms with Gasteiger partial charge in [0.2, 0.25) is 5.91 Å². The fourth-order valence-electron chi connectivity index (χ4n) is 1.92. The van der Waals surface area contributed by atoms with Crippen LogP contribution in [-0.4, -0.2) is 36.2 Å². The van der Waals surface area contributed by atoms with E-state index in [1.807, 2.05) is 0 Å². The molecule has 0 saturated heterocycles. The minimum Gasteiger partial charge on any atom is -0.497 e. The van der Waals surface area contributed by atoms with E-state index in [1.54, 1.807) is 50.4 Å². The van der Waals surface area contributed by atoms with E-state index in [2.05, 4.69) is 20.8 Å². The van der Waals surface area contributed by atoms with Crippen LogP contribution in [0.1, 0.15) is 13.3 Å². The van der Waals surface area contributed by atoms with E-state index >= 15 is 0 Å². The highest BCUT2D eigenvalue weighted by molar-refractivity contribution is 6.30. The molecule has 0 atom stereocenters. The fraction of sp³-hybridized carbons (Fsp3) is 0.222. The Morgan fingerprint density at radius 2 is 1.81 bits per heavy atom. The summed E-state index contributed by atoms with van der Waals surface area (Å²) in [6.45, 7) is 1.42. The Hall–Kier alpha value is -3.13. The van der Waals surface area contributed by atoms with Crippen LogP contribution < -0.4 is 20.2 Å². The van der Waals surface area contributed by atoms with Gasteiger partial charge in [-0.25, -0.2) is 10.4 Å². The summed E-state index contributed by atoms with van der Waals surface area (Å²) in [6, 6.07) is 10.0. The van der Waals surface area contributed by atoms with E-state index in [4.69, 9.17) is 21.1 Å². The molecule has 0 fully saturated rings. The number of nitrogens with one attached hydrogen (secondary N) is 2. The second kappa shape index (κ2) is 10.1. The number of ether oxygens (including phenoxy) is 2. The van der Waals surface area contributed by atoms with Crippen molar-refractivity contribution in [3.63, 3.8) is 0 Å². The molecule has 1 aromatic heterocycles. The highest BCUT2D eigenvalue weighted by Crippen LogP contribution is 2.16. The van der Waals surface area contributed by atoms with E-state index in [-0.39, 0.29) is 18.9 Å². The van der Waals surface area contributed by atoms with E-state index in [0.717, 1.165) is 0 Å². The molecule has 0 bridgehead atoms. The van der Waals surface area contributed by atoms with Gasteiger partial charge in [-0.2, -0.15) is 5.10 Å². The standard InChI is InChI=1S/C18H19ClN4O4/c1-12(9-17(24)21-16-8-3-13(19)10-20-16)22-23-18(25)11-27-15-6-4-14(26-2)5-7-15/h3-8,10H,9,11H2,1-2H3,(H,23,25)(H,20,21,24)/b22-12+. The molecule has 142 valence electrons. The van der Waals surface area contributed by atoms with Gasteiger partial charge in [-0.05, 0) is 43.3 Å². The highest BCUT2D eigenvalue weighted by atomic mass is 35.5. The number of hydrogen-bond donors (Lipinski definition) is 2. The van der Waals surface area contributed by atoms with Crippen LogP contribution in [0.3, 0.4) is 0 Å². The fourth-order valence-corrected chi connectivity index (χ4v) is 2.03. The number of nitrogens with zero attached hydrogens (tertiary/aromatic N) is 2. The van der Waals surface area contributed by atoms with Crippen LogP contribution in [0, 0.1) is 0 Å². The summed E-state index contributed by atoms with van der Waals surface area (Å²) >= 11 is 5.73. The van der Waals surface area contributed by atoms with Gasteiger partial charge >= 0.3 is 0 Å². The Kier molecular flexibility index (Phi) is 7.57. The summed E-state index contributed by atoms with van der Waals surface area (Å²) in [4.78, 5) is 27.6. The predicted octanol–water partition coefficient (Wildman–Crippen LogP) is 2.64. The van der Waals surface area contributed by atoms with Crippen LogP contribution in [0.15, 0.2) is 47.7 Å². The Bertz CT molecular complexity index is 807. The molecular formula is C18H19ClN4O4. The third kappa shape index (κ3) is 7.33. The molecule has 8 nitrogen and oxygen atoms in total. The molecule has 0 spiro atoms. The summed E-state index contributed by atoms with van der Waals surface area (Å²) in [5, 5.41) is 6.96. The van der Waals surface area contributed by atoms with Crippen LogP contribution in [0.25, 0.3) is 0 Å². The zero-order valence-corrected chi connectivity index (χ0v) is 15.6. The molecular weight excluding hydrogens is 372 g/mol. The Morgan fingerprint density at radius 1 is 1.11 bits per heavy atom. The van der Waals surface area contributed by atoms with Crippen molar-refractivity contribution in [2.24, 2.45) is 5.10 Å². The van der Waals surface area contributed by atoms with Gasteiger partial charge < -0.3 is 14.8 Å². The summed E-state index contributed by atoms with van der Waals surface area (Å²) in [5.74, 6) is 0.856. The molecule has 2 amide bonds. The quantitative estimate of drug-likeness (QED) is 0.533. The Morgan fingerprint density at radius 3 is 2.44 bits per heavy atom. The predicted molar refractivity (Wildman–Crippen MR) is 102 cm³/mol. The monoisotopic (exact) mass is 390 g/mol. The van der Waals surface area contributed by atoms with E-state index in [0.29, 0.717) is 28.1 Å². The largest absolute Gasteiger partial charge is 0.497 e. The van der Waals surface area contributed by atoms with Gasteiger partial charge in [-0.1, -0.05) is 11.6 Å². The van der Waals surface area contributed by atoms with Gasteiger partial charge in [-0.3, -0.25) is 9.59 Å². The molecule has 0 saturated carbocycles. The number of anilines is 1. The molecule has 0 unspecified atom stereocenters. The second-order valence-corrected chi connectivity index (χ2v) is 5.87. The molecule has 0 radical (unpaired) electrons. The van der Waals surface area contributed by atoms with Gasteiger partial charge in [0.25, 0.3) is 5.91 Å². The van der Waals surface area contributed by atoms with Gasteiger partial charge in [-0.15, -0.1) is 0 Å². The topological polar surface area (TPSA) is 102 Å². The maximum absolute atomic E-state index is 11.9. The van der Waals surface area contributed by atoms with Gasteiger partial charge in [0.15, 0.2) is 6.61 Å². The number of hydrazone groups is 1. The van der Waals surface area contributed by atoms with Crippen LogP contribution >= 0.6 is 11.6 Å². The van der Waals surface area contributed by atoms with Crippen LogP contribution in [0.4, 0.5) is 5.82 Å². The lowest BCUT2D eigenvalue weighted by Gasteiger charge is -2.07. The molecule has 27 heavy (non-hydrogen) atoms. The van der Waals surface area contributed by atoms with Crippen molar-refractivity contribution in [3.05, 3.63) is 47.6 Å². The number of benzene rings is 1. The summed E-state index contributed by atoms with van der Waals surface area (Å²) < 4.78 is 10.4. The third-order valence-electron chi connectivity index (χ3n) is 3.21. The van der Waals surface area contributed by atoms with Gasteiger partial charge in [0.1, 0.15) is 17.3 Å². The number of amides is 2. The maximum Gasteiger partial charge on any atom is 0.277 e. The first kappa shape index (κ1) is 20.2. The number of aromatic nitrogens is 1. The molecule has 9 heteroatoms. The molecule has 1 heterocycles. The van der Waals surface area contributed by atoms with Crippen LogP contribution in [0.5, 0.6) is 11.5 Å². The average molecular weight is 391 g/mol. The number of rotatable bonds is 8. The highest BCUT2D eigenvalue weighted by Gasteiger charge is 2.07. The molecule has 1 aromatic carbocycles. The number of hydrogen-bond acceptors (Lipinski definition) is 6. The first-order valence-corrected chi connectivity index (χ1v) is 8.34. The first-order valence-electron chi connectivity index (χ1n) is 7.96. The van der Waals surface area contributed by atoms with Crippen LogP contribution in [-0.2, 0) is 9.59 Å². The normalized spacial score (nSPS) is 10.9. The van der Waals surface area contributed by atoms with Crippen molar-refractivity contribution in [1.29, 1.82) is 0 Å². The molecule has 2 rings (SSSR count). The molecule has 0 aliphatic heterocycles. The molecule has 0 aliphatic rings. The number of halogens is 1. The number of carbonyl (C=O) groups is 2. The minimum atomic E-state index is -0.440. The van der Waals surface area contributed by atoms with E-state index in [1.165, 1.54) is 6.20 Å². The molecule has 2 aromatic rings. The van der Waals surface area contributed by atoms with Crippen molar-refractivity contribution >= 4 is 34.9 Å². The summed E-state index contributed by atoms with van der Waals surface area (Å²) in [7, 11) is 1.57. The van der Waals surface area contributed by atoms with Crippen molar-refractivity contribution in [1.82, 2.24) is 10.4 Å². The van der Waals surface area contributed by atoms with E-state index in [9.17, 15) is 9.59 Å². The lowest BCUT2D eigenvalue weighted by molar-refractivity contribution is -0.123. The zero-order chi connectivity index (χ0) is 19.6. The molecule has 2 N–H and O–H groups in total. The van der Waals surface area contributed by atoms with Crippen LogP contribution in [0.2, 0.25) is 5.02 Å².